The molecule has 2 fully saturated rings. The summed E-state index contributed by atoms with van der Waals surface area (Å²) in [6.07, 6.45) is 1.28. The van der Waals surface area contributed by atoms with Crippen molar-refractivity contribution in [3.8, 4) is 0 Å². The molecule has 1 amide bonds. The molecule has 0 spiro atoms. The lowest BCUT2D eigenvalue weighted by atomic mass is 10.1. The molecule has 0 aromatic heterocycles. The molecule has 1 aromatic carbocycles. The van der Waals surface area contributed by atoms with Crippen molar-refractivity contribution in [2.24, 2.45) is 0 Å². The van der Waals surface area contributed by atoms with Gasteiger partial charge >= 0.3 is 0 Å². The van der Waals surface area contributed by atoms with Crippen molar-refractivity contribution < 1.29 is 22.7 Å². The molecule has 0 bridgehead atoms. The van der Waals surface area contributed by atoms with Crippen molar-refractivity contribution >= 4 is 15.9 Å². The molecule has 2 aliphatic rings. The quantitative estimate of drug-likeness (QED) is 0.762. The van der Waals surface area contributed by atoms with Crippen LogP contribution in [0.2, 0.25) is 0 Å². The Labute approximate surface area is 154 Å². The number of ether oxygens (including phenoxy) is 2. The summed E-state index contributed by atoms with van der Waals surface area (Å²) in [5.74, 6) is -0.121. The number of rotatable bonds is 5. The van der Waals surface area contributed by atoms with Gasteiger partial charge in [-0.3, -0.25) is 4.79 Å². The van der Waals surface area contributed by atoms with Gasteiger partial charge in [-0.05, 0) is 30.5 Å². The monoisotopic (exact) mass is 382 g/mol. The number of benzene rings is 1. The van der Waals surface area contributed by atoms with Crippen molar-refractivity contribution in [3.05, 3.63) is 35.4 Å². The van der Waals surface area contributed by atoms with E-state index in [0.29, 0.717) is 57.9 Å². The normalized spacial score (nSPS) is 22.3. The molecule has 26 heavy (non-hydrogen) atoms. The van der Waals surface area contributed by atoms with E-state index >= 15 is 0 Å². The van der Waals surface area contributed by atoms with Gasteiger partial charge in [0.1, 0.15) is 0 Å². The zero-order valence-corrected chi connectivity index (χ0v) is 15.9. The minimum Gasteiger partial charge on any atom is -0.380 e. The predicted octanol–water partition coefficient (Wildman–Crippen LogP) is 1.10. The predicted molar refractivity (Wildman–Crippen MR) is 97.4 cm³/mol. The van der Waals surface area contributed by atoms with Gasteiger partial charge in [-0.1, -0.05) is 12.1 Å². The van der Waals surface area contributed by atoms with Crippen molar-refractivity contribution in [2.75, 3.05) is 46.5 Å². The summed E-state index contributed by atoms with van der Waals surface area (Å²) < 4.78 is 37.7. The van der Waals surface area contributed by atoms with Gasteiger partial charge in [0.15, 0.2) is 0 Å². The van der Waals surface area contributed by atoms with Gasteiger partial charge in [0.2, 0.25) is 10.0 Å². The van der Waals surface area contributed by atoms with Gasteiger partial charge in [0, 0.05) is 38.9 Å². The van der Waals surface area contributed by atoms with E-state index in [-0.39, 0.29) is 12.5 Å². The van der Waals surface area contributed by atoms with Crippen LogP contribution in [-0.4, -0.2) is 75.3 Å². The number of methoxy groups -OCH3 is 1. The third-order valence-electron chi connectivity index (χ3n) is 4.90. The number of hydrogen-bond donors (Lipinski definition) is 0. The number of hydrogen-bond acceptors (Lipinski definition) is 5. The van der Waals surface area contributed by atoms with E-state index in [4.69, 9.17) is 9.47 Å². The largest absolute Gasteiger partial charge is 0.380 e. The fourth-order valence-corrected chi connectivity index (χ4v) is 5.43. The number of amides is 1. The fourth-order valence-electron chi connectivity index (χ4n) is 3.52. The Bertz CT molecular complexity index is 731. The van der Waals surface area contributed by atoms with Crippen molar-refractivity contribution in [3.63, 3.8) is 0 Å². The highest BCUT2D eigenvalue weighted by Crippen LogP contribution is 2.23. The van der Waals surface area contributed by atoms with Crippen LogP contribution in [0.15, 0.2) is 24.3 Å². The van der Waals surface area contributed by atoms with Crippen LogP contribution in [0.5, 0.6) is 0 Å². The first-order valence-electron chi connectivity index (χ1n) is 8.96. The standard InChI is InChI=1S/C18H26N2O5S/c1-24-14-15-4-2-5-16(12-15)18(21)19-7-3-6-17(13-19)26(22,23)20-8-10-25-11-9-20/h2,4-5,12,17H,3,6-11,13-14H2,1H3/t17-/m1/s1. The molecule has 7 nitrogen and oxygen atoms in total. The van der Waals surface area contributed by atoms with Crippen LogP contribution >= 0.6 is 0 Å². The highest BCUT2D eigenvalue weighted by Gasteiger charge is 2.37. The minimum atomic E-state index is -3.41. The van der Waals surface area contributed by atoms with E-state index < -0.39 is 15.3 Å². The van der Waals surface area contributed by atoms with E-state index in [2.05, 4.69) is 0 Å². The summed E-state index contributed by atoms with van der Waals surface area (Å²) in [4.78, 5) is 14.5. The number of sulfonamides is 1. The molecule has 3 rings (SSSR count). The first kappa shape index (κ1) is 19.3. The number of piperidine rings is 1. The Morgan fingerprint density at radius 3 is 2.77 bits per heavy atom. The van der Waals surface area contributed by atoms with E-state index in [1.807, 2.05) is 18.2 Å². The number of carbonyl (C=O) groups is 1. The van der Waals surface area contributed by atoms with Crippen LogP contribution < -0.4 is 0 Å². The topological polar surface area (TPSA) is 76.2 Å². The lowest BCUT2D eigenvalue weighted by Crippen LogP contribution is -2.51. The SMILES string of the molecule is COCc1cccc(C(=O)N2CCC[C@@H](S(=O)(=O)N3CCOCC3)C2)c1. The maximum Gasteiger partial charge on any atom is 0.253 e. The van der Waals surface area contributed by atoms with Gasteiger partial charge in [-0.2, -0.15) is 4.31 Å². The summed E-state index contributed by atoms with van der Waals surface area (Å²) in [5.41, 5.74) is 1.50. The van der Waals surface area contributed by atoms with Crippen molar-refractivity contribution in [2.45, 2.75) is 24.7 Å². The van der Waals surface area contributed by atoms with Crippen LogP contribution in [0.25, 0.3) is 0 Å². The third-order valence-corrected chi connectivity index (χ3v) is 7.21. The van der Waals surface area contributed by atoms with Crippen molar-refractivity contribution in [1.29, 1.82) is 0 Å². The maximum atomic E-state index is 12.9. The maximum absolute atomic E-state index is 12.9. The van der Waals surface area contributed by atoms with Crippen LogP contribution in [0.1, 0.15) is 28.8 Å². The Kier molecular flexibility index (Phi) is 6.29. The van der Waals surface area contributed by atoms with Crippen molar-refractivity contribution in [1.82, 2.24) is 9.21 Å². The van der Waals surface area contributed by atoms with E-state index in [9.17, 15) is 13.2 Å². The van der Waals surface area contributed by atoms with Gasteiger partial charge in [0.05, 0.1) is 25.1 Å². The molecule has 2 heterocycles. The van der Waals surface area contributed by atoms with Gasteiger partial charge in [-0.15, -0.1) is 0 Å². The van der Waals surface area contributed by atoms with Crippen LogP contribution in [0.4, 0.5) is 0 Å². The average Bonchev–Trinajstić information content (AvgIpc) is 2.69. The molecule has 0 unspecified atom stereocenters. The second kappa shape index (κ2) is 8.47. The summed E-state index contributed by atoms with van der Waals surface area (Å²) in [6.45, 7) is 2.92. The number of likely N-dealkylation sites (tertiary alicyclic amines) is 1. The Morgan fingerprint density at radius 2 is 2.04 bits per heavy atom. The number of morpholine rings is 1. The Balaban J connectivity index is 1.71. The number of carbonyl (C=O) groups excluding carboxylic acids is 1. The van der Waals surface area contributed by atoms with Gasteiger partial charge in [0.25, 0.3) is 5.91 Å². The summed E-state index contributed by atoms with van der Waals surface area (Å²) in [7, 11) is -1.80. The molecular formula is C18H26N2O5S. The second-order valence-electron chi connectivity index (χ2n) is 6.71. The summed E-state index contributed by atoms with van der Waals surface area (Å²) >= 11 is 0. The van der Waals surface area contributed by atoms with E-state index in [1.165, 1.54) is 4.31 Å². The van der Waals surface area contributed by atoms with Crippen LogP contribution in [0, 0.1) is 0 Å². The third kappa shape index (κ3) is 4.25. The average molecular weight is 382 g/mol. The molecular weight excluding hydrogens is 356 g/mol. The molecule has 0 N–H and O–H groups in total. The smallest absolute Gasteiger partial charge is 0.253 e. The zero-order chi connectivity index (χ0) is 18.6. The molecule has 0 radical (unpaired) electrons. The lowest BCUT2D eigenvalue weighted by molar-refractivity contribution is 0.0685. The van der Waals surface area contributed by atoms with E-state index in [0.717, 1.165) is 5.56 Å². The molecule has 1 atom stereocenters. The summed E-state index contributed by atoms with van der Waals surface area (Å²) in [5, 5.41) is -0.541. The highest BCUT2D eigenvalue weighted by atomic mass is 32.2. The lowest BCUT2D eigenvalue weighted by Gasteiger charge is -2.36. The first-order valence-corrected chi connectivity index (χ1v) is 10.5. The Morgan fingerprint density at radius 1 is 1.27 bits per heavy atom. The highest BCUT2D eigenvalue weighted by molar-refractivity contribution is 7.89. The molecule has 0 aliphatic carbocycles. The number of nitrogens with zero attached hydrogens (tertiary/aromatic N) is 2. The zero-order valence-electron chi connectivity index (χ0n) is 15.1. The van der Waals surface area contributed by atoms with Crippen LogP contribution in [-0.2, 0) is 26.1 Å². The van der Waals surface area contributed by atoms with E-state index in [1.54, 1.807) is 18.1 Å². The van der Waals surface area contributed by atoms with Crippen LogP contribution in [0.3, 0.4) is 0 Å². The fraction of sp³-hybridized carbons (Fsp3) is 0.611. The Hall–Kier alpha value is -1.48. The molecule has 1 aromatic rings. The summed E-state index contributed by atoms with van der Waals surface area (Å²) in [6, 6.07) is 7.31. The molecule has 8 heteroatoms. The van der Waals surface area contributed by atoms with Gasteiger partial charge < -0.3 is 14.4 Å². The van der Waals surface area contributed by atoms with Gasteiger partial charge in [-0.25, -0.2) is 8.42 Å². The molecule has 2 aliphatic heterocycles. The first-order chi connectivity index (χ1) is 12.5. The second-order valence-corrected chi connectivity index (χ2v) is 8.92. The molecule has 2 saturated heterocycles. The molecule has 0 saturated carbocycles. The molecule has 144 valence electrons. The minimum absolute atomic E-state index is 0.121.